The molecule has 2 amide bonds. The molecule has 1 fully saturated rings. The van der Waals surface area contributed by atoms with Crippen LogP contribution in [-0.2, 0) is 16.1 Å². The smallest absolute Gasteiger partial charge is 0.274 e. The Morgan fingerprint density at radius 2 is 2.07 bits per heavy atom. The van der Waals surface area contributed by atoms with Crippen LogP contribution in [0.3, 0.4) is 0 Å². The summed E-state index contributed by atoms with van der Waals surface area (Å²) in [4.78, 5) is 26.7. The fraction of sp³-hybridized carbons (Fsp3) is 0.600. The molecule has 8 heteroatoms. The van der Waals surface area contributed by atoms with Crippen LogP contribution in [0.1, 0.15) is 49.5 Å². The highest BCUT2D eigenvalue weighted by Gasteiger charge is 2.35. The van der Waals surface area contributed by atoms with Crippen molar-refractivity contribution in [1.29, 1.82) is 0 Å². The minimum absolute atomic E-state index is 0. The lowest BCUT2D eigenvalue weighted by Crippen LogP contribution is -2.46. The highest BCUT2D eigenvalue weighted by molar-refractivity contribution is 7.59. The van der Waals surface area contributed by atoms with Crippen molar-refractivity contribution < 1.29 is 24.3 Å². The molecule has 1 aromatic rings. The van der Waals surface area contributed by atoms with E-state index in [1.54, 1.807) is 23.7 Å². The number of rotatable bonds is 3. The molecule has 0 spiro atoms. The van der Waals surface area contributed by atoms with Crippen molar-refractivity contribution in [1.82, 2.24) is 10.4 Å². The number of ether oxygens (including phenoxy) is 2. The van der Waals surface area contributed by atoms with E-state index in [4.69, 9.17) is 14.7 Å². The maximum absolute atomic E-state index is 13.2. The van der Waals surface area contributed by atoms with Crippen molar-refractivity contribution in [3.8, 4) is 5.75 Å². The third-order valence-corrected chi connectivity index (χ3v) is 5.47. The SMILES string of the molecule is CC(C)C1CC(C(=O)N2Cc3ccc(C(=O)NO)cc3OC[C@@H]2C)CCO1.S. The zero-order chi connectivity index (χ0) is 19.6. The molecule has 0 radical (unpaired) electrons. The van der Waals surface area contributed by atoms with Gasteiger partial charge in [0, 0.05) is 30.2 Å². The van der Waals surface area contributed by atoms with Crippen LogP contribution in [-0.4, -0.2) is 47.3 Å². The number of nitrogens with one attached hydrogen (secondary N) is 1. The summed E-state index contributed by atoms with van der Waals surface area (Å²) in [5, 5.41) is 8.81. The molecular formula is C20H30N2O5S. The Labute approximate surface area is 172 Å². The molecule has 2 heterocycles. The predicted molar refractivity (Wildman–Crippen MR) is 109 cm³/mol. The van der Waals surface area contributed by atoms with E-state index in [1.165, 1.54) is 0 Å². The molecule has 1 aromatic carbocycles. The Hall–Kier alpha value is -1.77. The lowest BCUT2D eigenvalue weighted by atomic mass is 9.89. The lowest BCUT2D eigenvalue weighted by Gasteiger charge is -2.35. The quantitative estimate of drug-likeness (QED) is 0.590. The van der Waals surface area contributed by atoms with Gasteiger partial charge in [0.2, 0.25) is 5.91 Å². The molecule has 2 unspecified atom stereocenters. The average molecular weight is 411 g/mol. The second-order valence-electron chi connectivity index (χ2n) is 7.76. The number of carbonyl (C=O) groups excluding carboxylic acids is 2. The molecule has 2 aliphatic rings. The molecule has 156 valence electrons. The zero-order valence-corrected chi connectivity index (χ0v) is 17.6. The van der Waals surface area contributed by atoms with Crippen molar-refractivity contribution in [3.63, 3.8) is 0 Å². The van der Waals surface area contributed by atoms with Crippen molar-refractivity contribution in [2.75, 3.05) is 13.2 Å². The average Bonchev–Trinajstić information content (AvgIpc) is 2.85. The Balaban J connectivity index is 0.00000280. The van der Waals surface area contributed by atoms with E-state index in [-0.39, 0.29) is 37.5 Å². The van der Waals surface area contributed by atoms with Crippen LogP contribution < -0.4 is 10.2 Å². The second-order valence-corrected chi connectivity index (χ2v) is 7.76. The van der Waals surface area contributed by atoms with Gasteiger partial charge in [-0.15, -0.1) is 0 Å². The maximum Gasteiger partial charge on any atom is 0.274 e. The number of hydrogen-bond acceptors (Lipinski definition) is 5. The summed E-state index contributed by atoms with van der Waals surface area (Å²) in [6, 6.07) is 4.93. The largest absolute Gasteiger partial charge is 0.491 e. The number of benzene rings is 1. The molecule has 0 bridgehead atoms. The molecule has 7 nitrogen and oxygen atoms in total. The second kappa shape index (κ2) is 9.62. The summed E-state index contributed by atoms with van der Waals surface area (Å²) in [6.45, 7) is 7.64. The molecule has 2 aliphatic heterocycles. The Bertz CT molecular complexity index is 712. The highest BCUT2D eigenvalue weighted by atomic mass is 32.1. The summed E-state index contributed by atoms with van der Waals surface area (Å²) in [5.74, 6) is 0.487. The third-order valence-electron chi connectivity index (χ3n) is 5.47. The topological polar surface area (TPSA) is 88.1 Å². The molecule has 0 aliphatic carbocycles. The summed E-state index contributed by atoms with van der Waals surface area (Å²) in [7, 11) is 0. The minimum atomic E-state index is -0.589. The van der Waals surface area contributed by atoms with Gasteiger partial charge in [0.15, 0.2) is 0 Å². The number of carbonyl (C=O) groups is 2. The molecule has 1 saturated heterocycles. The van der Waals surface area contributed by atoms with Gasteiger partial charge in [0.1, 0.15) is 12.4 Å². The van der Waals surface area contributed by atoms with Gasteiger partial charge in [-0.1, -0.05) is 19.9 Å². The Morgan fingerprint density at radius 3 is 2.75 bits per heavy atom. The van der Waals surface area contributed by atoms with Crippen molar-refractivity contribution in [2.45, 2.75) is 52.3 Å². The van der Waals surface area contributed by atoms with E-state index in [2.05, 4.69) is 13.8 Å². The zero-order valence-electron chi connectivity index (χ0n) is 16.6. The highest BCUT2D eigenvalue weighted by Crippen LogP contribution is 2.31. The normalized spacial score (nSPS) is 24.5. The van der Waals surface area contributed by atoms with Gasteiger partial charge in [0.25, 0.3) is 5.91 Å². The van der Waals surface area contributed by atoms with Crippen molar-refractivity contribution in [3.05, 3.63) is 29.3 Å². The van der Waals surface area contributed by atoms with Gasteiger partial charge < -0.3 is 14.4 Å². The van der Waals surface area contributed by atoms with E-state index in [9.17, 15) is 9.59 Å². The first-order valence-corrected chi connectivity index (χ1v) is 9.53. The Kier molecular flexibility index (Phi) is 7.74. The van der Waals surface area contributed by atoms with Crippen molar-refractivity contribution >= 4 is 25.3 Å². The minimum Gasteiger partial charge on any atom is -0.491 e. The summed E-state index contributed by atoms with van der Waals surface area (Å²) >= 11 is 0. The third kappa shape index (κ3) is 4.79. The van der Waals surface area contributed by atoms with E-state index in [0.717, 1.165) is 18.4 Å². The van der Waals surface area contributed by atoms with Gasteiger partial charge in [-0.2, -0.15) is 13.5 Å². The van der Waals surface area contributed by atoms with Crippen molar-refractivity contribution in [2.24, 2.45) is 11.8 Å². The van der Waals surface area contributed by atoms with E-state index >= 15 is 0 Å². The standard InChI is InChI=1S/C20H28N2O5.H2S/c1-12(2)17-9-15(6-7-26-17)20(24)22-10-16-5-4-14(19(23)21-25)8-18(16)27-11-13(22)3;/h4-5,8,12-13,15,17,25H,6-7,9-11H2,1-3H3,(H,21,23);1H2/t13-,15?,17?;/m0./s1. The van der Waals surface area contributed by atoms with E-state index in [1.807, 2.05) is 11.8 Å². The molecule has 2 N–H and O–H groups in total. The van der Waals surface area contributed by atoms with Gasteiger partial charge >= 0.3 is 0 Å². The molecule has 3 rings (SSSR count). The summed E-state index contributed by atoms with van der Waals surface area (Å²) < 4.78 is 11.7. The van der Waals surface area contributed by atoms with Crippen LogP contribution in [0.5, 0.6) is 5.75 Å². The summed E-state index contributed by atoms with van der Waals surface area (Å²) in [6.07, 6.45) is 1.62. The molecule has 28 heavy (non-hydrogen) atoms. The lowest BCUT2D eigenvalue weighted by molar-refractivity contribution is -0.144. The van der Waals surface area contributed by atoms with Crippen LogP contribution in [0.15, 0.2) is 18.2 Å². The first kappa shape index (κ1) is 22.5. The van der Waals surface area contributed by atoms with Crippen LogP contribution in [0.4, 0.5) is 0 Å². The first-order chi connectivity index (χ1) is 12.9. The predicted octanol–water partition coefficient (Wildman–Crippen LogP) is 2.48. The monoisotopic (exact) mass is 410 g/mol. The van der Waals surface area contributed by atoms with E-state index in [0.29, 0.717) is 37.0 Å². The van der Waals surface area contributed by atoms with Crippen LogP contribution in [0, 0.1) is 11.8 Å². The number of nitrogens with zero attached hydrogens (tertiary/aromatic N) is 1. The van der Waals surface area contributed by atoms with E-state index < -0.39 is 5.91 Å². The fourth-order valence-electron chi connectivity index (χ4n) is 3.71. The van der Waals surface area contributed by atoms with Crippen LogP contribution >= 0.6 is 13.5 Å². The Morgan fingerprint density at radius 1 is 1.32 bits per heavy atom. The van der Waals surface area contributed by atoms with Crippen LogP contribution in [0.2, 0.25) is 0 Å². The van der Waals surface area contributed by atoms with Gasteiger partial charge in [-0.05, 0) is 37.8 Å². The molecule has 0 saturated carbocycles. The first-order valence-electron chi connectivity index (χ1n) is 9.53. The van der Waals surface area contributed by atoms with Gasteiger partial charge in [-0.3, -0.25) is 14.8 Å². The van der Waals surface area contributed by atoms with Gasteiger partial charge in [-0.25, -0.2) is 5.48 Å². The molecule has 3 atom stereocenters. The fourth-order valence-corrected chi connectivity index (χ4v) is 3.71. The van der Waals surface area contributed by atoms with Crippen LogP contribution in [0.25, 0.3) is 0 Å². The summed E-state index contributed by atoms with van der Waals surface area (Å²) in [5.41, 5.74) is 2.79. The number of fused-ring (bicyclic) bond motifs is 1. The number of amides is 2. The van der Waals surface area contributed by atoms with Gasteiger partial charge in [0.05, 0.1) is 12.1 Å². The number of hydrogen-bond donors (Lipinski definition) is 2. The molecular weight excluding hydrogens is 380 g/mol. The maximum atomic E-state index is 13.2. The molecule has 0 aromatic heterocycles. The number of hydroxylamine groups is 1.